The summed E-state index contributed by atoms with van der Waals surface area (Å²) < 4.78 is 0. The van der Waals surface area contributed by atoms with Crippen LogP contribution in [0.2, 0.25) is 0 Å². The van der Waals surface area contributed by atoms with Gasteiger partial charge in [-0.05, 0) is 36.8 Å². The molecule has 0 bridgehead atoms. The van der Waals surface area contributed by atoms with Crippen molar-refractivity contribution in [2.24, 2.45) is 17.8 Å². The average molecular weight is 303 g/mol. The van der Waals surface area contributed by atoms with Gasteiger partial charge in [-0.25, -0.2) is 0 Å². The number of carbonyl (C=O) groups is 2. The van der Waals surface area contributed by atoms with Gasteiger partial charge in [0, 0.05) is 24.1 Å². The van der Waals surface area contributed by atoms with E-state index in [9.17, 15) is 9.59 Å². The van der Waals surface area contributed by atoms with Gasteiger partial charge in [-0.2, -0.15) is 0 Å². The van der Waals surface area contributed by atoms with E-state index in [0.29, 0.717) is 23.0 Å². The first kappa shape index (κ1) is 18.4. The quantitative estimate of drug-likeness (QED) is 0.727. The average Bonchev–Trinajstić information content (AvgIpc) is 2.52. The minimum atomic E-state index is -0.127. The van der Waals surface area contributed by atoms with Crippen molar-refractivity contribution in [2.75, 3.05) is 7.05 Å². The predicted octanol–water partition coefficient (Wildman–Crippen LogP) is 4.33. The van der Waals surface area contributed by atoms with Crippen molar-refractivity contribution in [3.05, 3.63) is 35.4 Å². The van der Waals surface area contributed by atoms with E-state index in [1.165, 1.54) is 0 Å². The Labute approximate surface area is 134 Å². The van der Waals surface area contributed by atoms with E-state index < -0.39 is 0 Å². The zero-order chi connectivity index (χ0) is 16.7. The summed E-state index contributed by atoms with van der Waals surface area (Å²) >= 11 is 0. The number of Topliss-reactive ketones (excluding diaryl/α,β-unsaturated/α-hetero) is 1. The lowest BCUT2D eigenvalue weighted by Crippen LogP contribution is -2.20. The summed E-state index contributed by atoms with van der Waals surface area (Å²) in [5.41, 5.74) is 1.29. The van der Waals surface area contributed by atoms with Crippen LogP contribution in [0.3, 0.4) is 0 Å². The summed E-state index contributed by atoms with van der Waals surface area (Å²) in [6, 6.07) is 7.00. The van der Waals surface area contributed by atoms with Crippen LogP contribution in [-0.2, 0) is 0 Å². The third kappa shape index (κ3) is 5.28. The van der Waals surface area contributed by atoms with Crippen molar-refractivity contribution in [1.82, 2.24) is 5.32 Å². The molecule has 1 aromatic carbocycles. The molecule has 0 aliphatic carbocycles. The molecular formula is C19H29NO2. The van der Waals surface area contributed by atoms with Crippen LogP contribution in [0.25, 0.3) is 0 Å². The zero-order valence-corrected chi connectivity index (χ0v) is 14.5. The normalized spacial score (nSPS) is 13.7. The molecule has 2 atom stereocenters. The van der Waals surface area contributed by atoms with Gasteiger partial charge in [-0.1, -0.05) is 46.2 Å². The second-order valence-electron chi connectivity index (χ2n) is 6.60. The fourth-order valence-electron chi connectivity index (χ4n) is 2.70. The first-order valence-electron chi connectivity index (χ1n) is 8.25. The summed E-state index contributed by atoms with van der Waals surface area (Å²) in [6.45, 7) is 8.69. The molecule has 0 spiro atoms. The second-order valence-corrected chi connectivity index (χ2v) is 6.60. The number of nitrogens with one attached hydrogen (secondary N) is 1. The molecule has 0 fully saturated rings. The standard InChI is InChI=1S/C19H29NO2/c1-6-14(4)12-17(11-13(2)3)18(21)15-7-9-16(10-8-15)19(22)20-5/h7-10,13-14,17H,6,11-12H2,1-5H3,(H,20,22). The van der Waals surface area contributed by atoms with Gasteiger partial charge >= 0.3 is 0 Å². The highest BCUT2D eigenvalue weighted by atomic mass is 16.1. The minimum absolute atomic E-state index is 0.0702. The highest BCUT2D eigenvalue weighted by molar-refractivity contribution is 5.99. The van der Waals surface area contributed by atoms with Crippen LogP contribution in [0.4, 0.5) is 0 Å². The lowest BCUT2D eigenvalue weighted by molar-refractivity contribution is 0.0880. The van der Waals surface area contributed by atoms with Gasteiger partial charge in [0.2, 0.25) is 0 Å². The van der Waals surface area contributed by atoms with Crippen LogP contribution in [0.15, 0.2) is 24.3 Å². The number of hydrogen-bond acceptors (Lipinski definition) is 2. The second kappa shape index (κ2) is 8.72. The van der Waals surface area contributed by atoms with Gasteiger partial charge in [-0.3, -0.25) is 9.59 Å². The van der Waals surface area contributed by atoms with E-state index in [1.807, 2.05) is 0 Å². The molecule has 1 aromatic rings. The molecule has 0 saturated carbocycles. The molecular weight excluding hydrogens is 274 g/mol. The van der Waals surface area contributed by atoms with Gasteiger partial charge < -0.3 is 5.32 Å². The molecule has 1 N–H and O–H groups in total. The van der Waals surface area contributed by atoms with Gasteiger partial charge in [-0.15, -0.1) is 0 Å². The fourth-order valence-corrected chi connectivity index (χ4v) is 2.70. The SMILES string of the molecule is CCC(C)CC(CC(C)C)C(=O)c1ccc(C(=O)NC)cc1. The third-order valence-corrected chi connectivity index (χ3v) is 4.17. The van der Waals surface area contributed by atoms with E-state index in [4.69, 9.17) is 0 Å². The number of amides is 1. The van der Waals surface area contributed by atoms with Gasteiger partial charge in [0.25, 0.3) is 5.91 Å². The molecule has 0 aromatic heterocycles. The lowest BCUT2D eigenvalue weighted by atomic mass is 9.82. The monoisotopic (exact) mass is 303 g/mol. The van der Waals surface area contributed by atoms with Crippen LogP contribution in [0.5, 0.6) is 0 Å². The Morgan fingerprint density at radius 2 is 1.55 bits per heavy atom. The topological polar surface area (TPSA) is 46.2 Å². The van der Waals surface area contributed by atoms with Crippen molar-refractivity contribution in [3.63, 3.8) is 0 Å². The molecule has 0 aliphatic heterocycles. The Balaban J connectivity index is 2.90. The summed E-state index contributed by atoms with van der Waals surface area (Å²) in [5, 5.41) is 2.59. The number of hydrogen-bond donors (Lipinski definition) is 1. The van der Waals surface area contributed by atoms with Crippen molar-refractivity contribution in [1.29, 1.82) is 0 Å². The minimum Gasteiger partial charge on any atom is -0.355 e. The maximum Gasteiger partial charge on any atom is 0.251 e. The van der Waals surface area contributed by atoms with Crippen molar-refractivity contribution >= 4 is 11.7 Å². The van der Waals surface area contributed by atoms with Crippen molar-refractivity contribution in [2.45, 2.75) is 47.0 Å². The van der Waals surface area contributed by atoms with E-state index in [2.05, 4.69) is 33.0 Å². The van der Waals surface area contributed by atoms with Crippen LogP contribution in [-0.4, -0.2) is 18.7 Å². The fraction of sp³-hybridized carbons (Fsp3) is 0.579. The first-order chi connectivity index (χ1) is 10.4. The Morgan fingerprint density at radius 1 is 1.00 bits per heavy atom. The molecule has 122 valence electrons. The number of rotatable bonds is 8. The van der Waals surface area contributed by atoms with Crippen LogP contribution < -0.4 is 5.32 Å². The lowest BCUT2D eigenvalue weighted by Gasteiger charge is -2.21. The van der Waals surface area contributed by atoms with E-state index in [-0.39, 0.29) is 17.6 Å². The molecule has 2 unspecified atom stereocenters. The van der Waals surface area contributed by atoms with Gasteiger partial charge in [0.1, 0.15) is 0 Å². The molecule has 0 heterocycles. The summed E-state index contributed by atoms with van der Waals surface area (Å²) in [4.78, 5) is 24.3. The summed E-state index contributed by atoms with van der Waals surface area (Å²) in [5.74, 6) is 1.21. The first-order valence-corrected chi connectivity index (χ1v) is 8.25. The molecule has 0 radical (unpaired) electrons. The molecule has 1 amide bonds. The Kier molecular flexibility index (Phi) is 7.30. The Morgan fingerprint density at radius 3 is 2.00 bits per heavy atom. The predicted molar refractivity (Wildman–Crippen MR) is 91.2 cm³/mol. The Bertz CT molecular complexity index is 491. The summed E-state index contributed by atoms with van der Waals surface area (Å²) in [6.07, 6.45) is 2.95. The number of carbonyl (C=O) groups excluding carboxylic acids is 2. The number of benzene rings is 1. The molecule has 22 heavy (non-hydrogen) atoms. The van der Waals surface area contributed by atoms with Crippen LogP contribution >= 0.6 is 0 Å². The molecule has 3 nitrogen and oxygen atoms in total. The summed E-state index contributed by atoms with van der Waals surface area (Å²) in [7, 11) is 1.60. The maximum atomic E-state index is 12.8. The van der Waals surface area contributed by atoms with Crippen LogP contribution in [0, 0.1) is 17.8 Å². The highest BCUT2D eigenvalue weighted by Crippen LogP contribution is 2.25. The van der Waals surface area contributed by atoms with E-state index >= 15 is 0 Å². The Hall–Kier alpha value is -1.64. The van der Waals surface area contributed by atoms with E-state index in [1.54, 1.807) is 31.3 Å². The van der Waals surface area contributed by atoms with E-state index in [0.717, 1.165) is 19.3 Å². The number of ketones is 1. The molecule has 1 rings (SSSR count). The smallest absolute Gasteiger partial charge is 0.251 e. The van der Waals surface area contributed by atoms with Gasteiger partial charge in [0.15, 0.2) is 5.78 Å². The van der Waals surface area contributed by atoms with Gasteiger partial charge in [0.05, 0.1) is 0 Å². The third-order valence-electron chi connectivity index (χ3n) is 4.17. The molecule has 3 heteroatoms. The van der Waals surface area contributed by atoms with Crippen LogP contribution in [0.1, 0.15) is 67.7 Å². The molecule has 0 saturated heterocycles. The largest absolute Gasteiger partial charge is 0.355 e. The highest BCUT2D eigenvalue weighted by Gasteiger charge is 2.23. The van der Waals surface area contributed by atoms with Crippen molar-refractivity contribution < 1.29 is 9.59 Å². The van der Waals surface area contributed by atoms with Crippen molar-refractivity contribution in [3.8, 4) is 0 Å². The zero-order valence-electron chi connectivity index (χ0n) is 14.5. The molecule has 0 aliphatic rings. The maximum absolute atomic E-state index is 12.8.